The molecule has 0 saturated heterocycles. The second-order valence-corrected chi connectivity index (χ2v) is 6.44. The molecule has 0 fully saturated rings. The normalized spacial score (nSPS) is 11.6. The van der Waals surface area contributed by atoms with E-state index >= 15 is 0 Å². The second kappa shape index (κ2) is 5.83. The van der Waals surface area contributed by atoms with E-state index in [2.05, 4.69) is 10.3 Å². The van der Waals surface area contributed by atoms with Crippen LogP contribution in [-0.2, 0) is 14.8 Å². The number of carbonyl (C=O) groups excluding carboxylic acids is 1. The average molecular weight is 312 g/mol. The van der Waals surface area contributed by atoms with E-state index in [1.54, 1.807) is 0 Å². The number of amides is 1. The molecule has 9 heteroatoms. The summed E-state index contributed by atoms with van der Waals surface area (Å²) in [5.41, 5.74) is 0.271. The van der Waals surface area contributed by atoms with Crippen molar-refractivity contribution in [3.63, 3.8) is 0 Å². The summed E-state index contributed by atoms with van der Waals surface area (Å²) < 4.78 is 23.2. The molecule has 0 unspecified atom stereocenters. The Morgan fingerprint density at radius 1 is 1.50 bits per heavy atom. The van der Waals surface area contributed by atoms with Crippen LogP contribution in [0.25, 0.3) is 0 Å². The van der Waals surface area contributed by atoms with E-state index < -0.39 is 15.9 Å². The number of aromatic nitrogens is 1. The summed E-state index contributed by atoms with van der Waals surface area (Å²) in [6, 6.07) is 1.37. The van der Waals surface area contributed by atoms with Crippen molar-refractivity contribution in [3.8, 4) is 0 Å². The largest absolute Gasteiger partial charge is 0.322 e. The SMILES string of the molecule is CN(CC(=O)Nc1cnc(Cl)cc1Cl)S(C)(=O)=O. The van der Waals surface area contributed by atoms with Crippen molar-refractivity contribution in [2.24, 2.45) is 0 Å². The average Bonchev–Trinajstić information content (AvgIpc) is 2.20. The molecule has 0 aliphatic rings. The molecule has 0 atom stereocenters. The van der Waals surface area contributed by atoms with E-state index in [4.69, 9.17) is 23.2 Å². The fourth-order valence-corrected chi connectivity index (χ4v) is 1.77. The number of rotatable bonds is 4. The number of nitrogens with one attached hydrogen (secondary N) is 1. The number of hydrogen-bond donors (Lipinski definition) is 1. The third-order valence-electron chi connectivity index (χ3n) is 2.03. The molecule has 0 radical (unpaired) electrons. The van der Waals surface area contributed by atoms with Crippen molar-refractivity contribution >= 4 is 44.8 Å². The zero-order chi connectivity index (χ0) is 13.9. The third kappa shape index (κ3) is 4.41. The first kappa shape index (κ1) is 15.2. The Morgan fingerprint density at radius 3 is 2.61 bits per heavy atom. The van der Waals surface area contributed by atoms with Gasteiger partial charge in [0, 0.05) is 7.05 Å². The standard InChI is InChI=1S/C9H11Cl2N3O3S/c1-14(18(2,16)17)5-9(15)13-7-4-12-8(11)3-6(7)10/h3-4H,5H2,1-2H3,(H,13,15). The molecule has 18 heavy (non-hydrogen) atoms. The molecule has 1 N–H and O–H groups in total. The van der Waals surface area contributed by atoms with Gasteiger partial charge in [-0.25, -0.2) is 13.4 Å². The first-order valence-corrected chi connectivity index (χ1v) is 7.33. The van der Waals surface area contributed by atoms with Crippen molar-refractivity contribution in [1.82, 2.24) is 9.29 Å². The molecule has 0 saturated carbocycles. The molecule has 0 bridgehead atoms. The minimum absolute atomic E-state index is 0.200. The summed E-state index contributed by atoms with van der Waals surface area (Å²) in [5, 5.41) is 2.87. The van der Waals surface area contributed by atoms with Crippen LogP contribution in [0, 0.1) is 0 Å². The van der Waals surface area contributed by atoms with Gasteiger partial charge in [0.15, 0.2) is 0 Å². The van der Waals surface area contributed by atoms with E-state index in [0.717, 1.165) is 10.6 Å². The summed E-state index contributed by atoms with van der Waals surface area (Å²) in [4.78, 5) is 15.3. The number of carbonyl (C=O) groups is 1. The van der Waals surface area contributed by atoms with E-state index in [9.17, 15) is 13.2 Å². The van der Waals surface area contributed by atoms with Gasteiger partial charge in [0.1, 0.15) is 5.15 Å². The summed E-state index contributed by atoms with van der Waals surface area (Å²) in [5.74, 6) is -0.519. The highest BCUT2D eigenvalue weighted by molar-refractivity contribution is 7.88. The van der Waals surface area contributed by atoms with E-state index in [-0.39, 0.29) is 22.4 Å². The van der Waals surface area contributed by atoms with Crippen LogP contribution in [0.5, 0.6) is 0 Å². The maximum absolute atomic E-state index is 11.6. The fraction of sp³-hybridized carbons (Fsp3) is 0.333. The molecule has 0 aliphatic carbocycles. The van der Waals surface area contributed by atoms with Gasteiger partial charge in [-0.05, 0) is 6.07 Å². The Morgan fingerprint density at radius 2 is 2.11 bits per heavy atom. The first-order valence-electron chi connectivity index (χ1n) is 4.72. The van der Waals surface area contributed by atoms with Crippen LogP contribution in [-0.4, -0.2) is 43.5 Å². The van der Waals surface area contributed by atoms with Gasteiger partial charge in [-0.15, -0.1) is 0 Å². The van der Waals surface area contributed by atoms with Crippen molar-refractivity contribution in [2.75, 3.05) is 25.2 Å². The van der Waals surface area contributed by atoms with Crippen LogP contribution >= 0.6 is 23.2 Å². The Kier molecular flexibility index (Phi) is 4.92. The number of nitrogens with zero attached hydrogens (tertiary/aromatic N) is 2. The molecule has 100 valence electrons. The molecule has 0 aromatic carbocycles. The lowest BCUT2D eigenvalue weighted by Crippen LogP contribution is -2.34. The molecule has 0 aliphatic heterocycles. The van der Waals surface area contributed by atoms with Crippen LogP contribution in [0.1, 0.15) is 0 Å². The van der Waals surface area contributed by atoms with Gasteiger partial charge in [-0.1, -0.05) is 23.2 Å². The van der Waals surface area contributed by atoms with Crippen LogP contribution in [0.2, 0.25) is 10.2 Å². The minimum atomic E-state index is -3.40. The number of anilines is 1. The summed E-state index contributed by atoms with van der Waals surface area (Å²) in [6.07, 6.45) is 2.31. The molecule has 1 amide bonds. The summed E-state index contributed by atoms with van der Waals surface area (Å²) in [6.45, 7) is -0.308. The molecule has 1 rings (SSSR count). The molecule has 6 nitrogen and oxygen atoms in total. The van der Waals surface area contributed by atoms with E-state index in [1.807, 2.05) is 0 Å². The van der Waals surface area contributed by atoms with Crippen LogP contribution in [0.4, 0.5) is 5.69 Å². The molecule has 1 aromatic heterocycles. The van der Waals surface area contributed by atoms with Gasteiger partial charge in [0.25, 0.3) is 0 Å². The highest BCUT2D eigenvalue weighted by atomic mass is 35.5. The summed E-state index contributed by atoms with van der Waals surface area (Å²) in [7, 11) is -2.10. The van der Waals surface area contributed by atoms with Crippen molar-refractivity contribution in [1.29, 1.82) is 0 Å². The van der Waals surface area contributed by atoms with Gasteiger partial charge < -0.3 is 5.32 Å². The molecular weight excluding hydrogens is 301 g/mol. The topological polar surface area (TPSA) is 79.4 Å². The highest BCUT2D eigenvalue weighted by Crippen LogP contribution is 2.23. The Balaban J connectivity index is 2.71. The van der Waals surface area contributed by atoms with Crippen LogP contribution < -0.4 is 5.32 Å². The maximum atomic E-state index is 11.6. The first-order chi connectivity index (χ1) is 8.20. The van der Waals surface area contributed by atoms with Gasteiger partial charge in [0.05, 0.1) is 29.7 Å². The zero-order valence-electron chi connectivity index (χ0n) is 9.65. The van der Waals surface area contributed by atoms with E-state index in [0.29, 0.717) is 0 Å². The number of pyridine rings is 1. The highest BCUT2D eigenvalue weighted by Gasteiger charge is 2.16. The minimum Gasteiger partial charge on any atom is -0.322 e. The summed E-state index contributed by atoms with van der Waals surface area (Å²) >= 11 is 11.4. The smallest absolute Gasteiger partial charge is 0.239 e. The number of likely N-dealkylation sites (N-methyl/N-ethyl adjacent to an activating group) is 1. The number of halogens is 2. The molecule has 1 heterocycles. The Bertz CT molecular complexity index is 562. The number of sulfonamides is 1. The maximum Gasteiger partial charge on any atom is 0.239 e. The van der Waals surface area contributed by atoms with Crippen LogP contribution in [0.3, 0.4) is 0 Å². The predicted octanol–water partition coefficient (Wildman–Crippen LogP) is 1.22. The third-order valence-corrected chi connectivity index (χ3v) is 3.81. The van der Waals surface area contributed by atoms with Gasteiger partial charge in [0.2, 0.25) is 15.9 Å². The van der Waals surface area contributed by atoms with Crippen molar-refractivity contribution in [3.05, 3.63) is 22.4 Å². The molecule has 1 aromatic rings. The second-order valence-electron chi connectivity index (χ2n) is 3.55. The quantitative estimate of drug-likeness (QED) is 0.848. The fourth-order valence-electron chi connectivity index (χ4n) is 1.01. The zero-order valence-corrected chi connectivity index (χ0v) is 12.0. The van der Waals surface area contributed by atoms with Crippen molar-refractivity contribution < 1.29 is 13.2 Å². The predicted molar refractivity (Wildman–Crippen MR) is 70.4 cm³/mol. The van der Waals surface area contributed by atoms with Crippen LogP contribution in [0.15, 0.2) is 12.3 Å². The van der Waals surface area contributed by atoms with Gasteiger partial charge in [-0.3, -0.25) is 4.79 Å². The lowest BCUT2D eigenvalue weighted by molar-refractivity contribution is -0.116. The molecule has 0 spiro atoms. The Hall–Kier alpha value is -0.890. The lowest BCUT2D eigenvalue weighted by Gasteiger charge is -2.14. The Labute approximate surface area is 115 Å². The lowest BCUT2D eigenvalue weighted by atomic mass is 10.4. The monoisotopic (exact) mass is 311 g/mol. The van der Waals surface area contributed by atoms with Crippen molar-refractivity contribution in [2.45, 2.75) is 0 Å². The van der Waals surface area contributed by atoms with Gasteiger partial charge in [-0.2, -0.15) is 4.31 Å². The van der Waals surface area contributed by atoms with Gasteiger partial charge >= 0.3 is 0 Å². The van der Waals surface area contributed by atoms with E-state index in [1.165, 1.54) is 19.3 Å². The molecular formula is C9H11Cl2N3O3S. The number of hydrogen-bond acceptors (Lipinski definition) is 4.